The van der Waals surface area contributed by atoms with Gasteiger partial charge in [-0.1, -0.05) is 18.2 Å². The summed E-state index contributed by atoms with van der Waals surface area (Å²) < 4.78 is 0. The van der Waals surface area contributed by atoms with Gasteiger partial charge in [-0.25, -0.2) is 9.97 Å². The molecule has 5 nitrogen and oxygen atoms in total. The Morgan fingerprint density at radius 3 is 2.57 bits per heavy atom. The predicted molar refractivity (Wildman–Crippen MR) is 111 cm³/mol. The number of hydrogen-bond acceptors (Lipinski definition) is 3. The molecule has 0 saturated heterocycles. The number of hydrogen-bond donors (Lipinski definition) is 1. The molecule has 4 aromatic rings. The SMILES string of the molecule is Cc1nc2ccc(C(=O)N3CCc4[nH]c5ccccc5c4CC3)cc2nc1C. The number of rotatable bonds is 1. The predicted octanol–water partition coefficient (Wildman–Crippen LogP) is 3.97. The van der Waals surface area contributed by atoms with E-state index >= 15 is 0 Å². The fourth-order valence-electron chi connectivity index (χ4n) is 4.11. The molecule has 0 atom stereocenters. The van der Waals surface area contributed by atoms with Crippen LogP contribution in [0.1, 0.15) is 33.0 Å². The van der Waals surface area contributed by atoms with Crippen molar-refractivity contribution in [2.75, 3.05) is 13.1 Å². The van der Waals surface area contributed by atoms with Crippen LogP contribution in [-0.2, 0) is 12.8 Å². The van der Waals surface area contributed by atoms with Crippen LogP contribution in [0.4, 0.5) is 0 Å². The highest BCUT2D eigenvalue weighted by atomic mass is 16.2. The monoisotopic (exact) mass is 370 g/mol. The first kappa shape index (κ1) is 16.9. The van der Waals surface area contributed by atoms with Gasteiger partial charge in [-0.2, -0.15) is 0 Å². The van der Waals surface area contributed by atoms with E-state index in [1.165, 1.54) is 22.2 Å². The third-order valence-corrected chi connectivity index (χ3v) is 5.77. The highest BCUT2D eigenvalue weighted by Crippen LogP contribution is 2.26. The van der Waals surface area contributed by atoms with E-state index in [0.717, 1.165) is 48.4 Å². The maximum Gasteiger partial charge on any atom is 0.253 e. The zero-order chi connectivity index (χ0) is 19.3. The first-order valence-electron chi connectivity index (χ1n) is 9.73. The van der Waals surface area contributed by atoms with Crippen molar-refractivity contribution in [3.8, 4) is 0 Å². The molecule has 0 spiro atoms. The molecule has 0 unspecified atom stereocenters. The van der Waals surface area contributed by atoms with Crippen LogP contribution in [-0.4, -0.2) is 38.8 Å². The summed E-state index contributed by atoms with van der Waals surface area (Å²) in [6, 6.07) is 14.0. The largest absolute Gasteiger partial charge is 0.358 e. The summed E-state index contributed by atoms with van der Waals surface area (Å²) in [6.45, 7) is 5.35. The molecule has 5 rings (SSSR count). The lowest BCUT2D eigenvalue weighted by Gasteiger charge is -2.20. The van der Waals surface area contributed by atoms with Crippen molar-refractivity contribution in [2.45, 2.75) is 26.7 Å². The molecule has 0 fully saturated rings. The molecule has 140 valence electrons. The highest BCUT2D eigenvalue weighted by molar-refractivity contribution is 5.97. The Balaban J connectivity index is 1.42. The summed E-state index contributed by atoms with van der Waals surface area (Å²) in [5.74, 6) is 0.0661. The van der Waals surface area contributed by atoms with Gasteiger partial charge < -0.3 is 9.88 Å². The summed E-state index contributed by atoms with van der Waals surface area (Å²) in [5, 5.41) is 1.28. The third-order valence-electron chi connectivity index (χ3n) is 5.77. The molecular weight excluding hydrogens is 348 g/mol. The van der Waals surface area contributed by atoms with Gasteiger partial charge in [0.15, 0.2) is 0 Å². The van der Waals surface area contributed by atoms with E-state index in [1.54, 1.807) is 0 Å². The summed E-state index contributed by atoms with van der Waals surface area (Å²) in [6.07, 6.45) is 1.72. The van der Waals surface area contributed by atoms with E-state index in [9.17, 15) is 4.79 Å². The number of fused-ring (bicyclic) bond motifs is 4. The van der Waals surface area contributed by atoms with Crippen molar-refractivity contribution in [1.82, 2.24) is 19.9 Å². The van der Waals surface area contributed by atoms with Crippen molar-refractivity contribution in [2.24, 2.45) is 0 Å². The van der Waals surface area contributed by atoms with Crippen LogP contribution in [0.5, 0.6) is 0 Å². The number of carbonyl (C=O) groups excluding carboxylic acids is 1. The number of nitrogens with zero attached hydrogens (tertiary/aromatic N) is 3. The number of benzene rings is 2. The van der Waals surface area contributed by atoms with Crippen LogP contribution in [0, 0.1) is 13.8 Å². The van der Waals surface area contributed by atoms with E-state index in [0.29, 0.717) is 5.56 Å². The average Bonchev–Trinajstić information content (AvgIpc) is 2.92. The second kappa shape index (κ2) is 6.44. The van der Waals surface area contributed by atoms with Crippen LogP contribution >= 0.6 is 0 Å². The molecule has 0 aliphatic carbocycles. The van der Waals surface area contributed by atoms with Crippen molar-refractivity contribution in [3.63, 3.8) is 0 Å². The van der Waals surface area contributed by atoms with E-state index in [-0.39, 0.29) is 5.91 Å². The van der Waals surface area contributed by atoms with Gasteiger partial charge in [0.1, 0.15) is 0 Å². The lowest BCUT2D eigenvalue weighted by Crippen LogP contribution is -2.33. The van der Waals surface area contributed by atoms with Gasteiger partial charge in [-0.05, 0) is 50.1 Å². The number of nitrogens with one attached hydrogen (secondary N) is 1. The van der Waals surface area contributed by atoms with Gasteiger partial charge >= 0.3 is 0 Å². The summed E-state index contributed by atoms with van der Waals surface area (Å²) >= 11 is 0. The molecule has 2 aromatic heterocycles. The fraction of sp³-hybridized carbons (Fsp3) is 0.261. The molecular formula is C23H22N4O. The first-order chi connectivity index (χ1) is 13.6. The van der Waals surface area contributed by atoms with E-state index in [2.05, 4.69) is 39.2 Å². The summed E-state index contributed by atoms with van der Waals surface area (Å²) in [7, 11) is 0. The van der Waals surface area contributed by atoms with Gasteiger partial charge in [0.25, 0.3) is 5.91 Å². The Bertz CT molecular complexity index is 1220. The number of aromatic nitrogens is 3. The Kier molecular flexibility index (Phi) is 3.90. The van der Waals surface area contributed by atoms with Crippen LogP contribution in [0.3, 0.4) is 0 Å². The standard InChI is InChI=1S/C23H22N4O/c1-14-15(2)25-22-13-16(7-8-21(22)24-14)23(28)27-11-9-18-17-5-3-4-6-19(17)26-20(18)10-12-27/h3-8,13,26H,9-12H2,1-2H3. The number of para-hydroxylation sites is 1. The van der Waals surface area contributed by atoms with E-state index in [1.807, 2.05) is 36.9 Å². The second-order valence-electron chi connectivity index (χ2n) is 7.52. The van der Waals surface area contributed by atoms with Crippen LogP contribution in [0.25, 0.3) is 21.9 Å². The second-order valence-corrected chi connectivity index (χ2v) is 7.52. The van der Waals surface area contributed by atoms with Gasteiger partial charge in [0, 0.05) is 41.7 Å². The topological polar surface area (TPSA) is 61.9 Å². The molecule has 1 N–H and O–H groups in total. The normalized spacial score (nSPS) is 14.3. The lowest BCUT2D eigenvalue weighted by molar-refractivity contribution is 0.0763. The number of amides is 1. The Morgan fingerprint density at radius 2 is 1.71 bits per heavy atom. The molecule has 28 heavy (non-hydrogen) atoms. The minimum absolute atomic E-state index is 0.0661. The molecule has 0 saturated carbocycles. The molecule has 3 heterocycles. The molecule has 0 bridgehead atoms. The molecule has 2 aromatic carbocycles. The van der Waals surface area contributed by atoms with Gasteiger partial charge in [0.05, 0.1) is 22.4 Å². The van der Waals surface area contributed by atoms with Crippen molar-refractivity contribution >= 4 is 27.8 Å². The number of H-pyrrole nitrogens is 1. The minimum Gasteiger partial charge on any atom is -0.358 e. The smallest absolute Gasteiger partial charge is 0.253 e. The summed E-state index contributed by atoms with van der Waals surface area (Å²) in [4.78, 5) is 27.8. The molecule has 1 aliphatic heterocycles. The Hall–Kier alpha value is -3.21. The number of carbonyl (C=O) groups is 1. The zero-order valence-electron chi connectivity index (χ0n) is 16.1. The molecule has 5 heteroatoms. The highest BCUT2D eigenvalue weighted by Gasteiger charge is 2.22. The van der Waals surface area contributed by atoms with E-state index in [4.69, 9.17) is 0 Å². The van der Waals surface area contributed by atoms with E-state index < -0.39 is 0 Å². The van der Waals surface area contributed by atoms with Gasteiger partial charge in [0.2, 0.25) is 0 Å². The first-order valence-corrected chi connectivity index (χ1v) is 9.73. The average molecular weight is 370 g/mol. The third kappa shape index (κ3) is 2.74. The number of aryl methyl sites for hydroxylation is 2. The quantitative estimate of drug-likeness (QED) is 0.551. The van der Waals surface area contributed by atoms with Crippen molar-refractivity contribution < 1.29 is 4.79 Å². The van der Waals surface area contributed by atoms with Crippen LogP contribution < -0.4 is 0 Å². The molecule has 1 aliphatic rings. The van der Waals surface area contributed by atoms with Crippen molar-refractivity contribution in [1.29, 1.82) is 0 Å². The van der Waals surface area contributed by atoms with Crippen LogP contribution in [0.15, 0.2) is 42.5 Å². The van der Waals surface area contributed by atoms with Crippen molar-refractivity contribution in [3.05, 3.63) is 70.7 Å². The number of aromatic amines is 1. The Morgan fingerprint density at radius 1 is 0.964 bits per heavy atom. The van der Waals surface area contributed by atoms with Crippen LogP contribution in [0.2, 0.25) is 0 Å². The maximum absolute atomic E-state index is 13.2. The fourth-order valence-corrected chi connectivity index (χ4v) is 4.11. The summed E-state index contributed by atoms with van der Waals surface area (Å²) in [5.41, 5.74) is 7.90. The minimum atomic E-state index is 0.0661. The molecule has 1 amide bonds. The Labute approximate surface area is 163 Å². The lowest BCUT2D eigenvalue weighted by atomic mass is 10.1. The maximum atomic E-state index is 13.2. The zero-order valence-corrected chi connectivity index (χ0v) is 16.1. The molecule has 0 radical (unpaired) electrons. The van der Waals surface area contributed by atoms with Gasteiger partial charge in [-0.3, -0.25) is 4.79 Å². The van der Waals surface area contributed by atoms with Gasteiger partial charge in [-0.15, -0.1) is 0 Å².